The van der Waals surface area contributed by atoms with Crippen LogP contribution >= 0.6 is 0 Å². The molecule has 0 saturated carbocycles. The summed E-state index contributed by atoms with van der Waals surface area (Å²) in [5.74, 6) is -1.20. The van der Waals surface area contributed by atoms with Gasteiger partial charge in [0, 0.05) is 11.6 Å². The summed E-state index contributed by atoms with van der Waals surface area (Å²) in [5.41, 5.74) is 0.305. The summed E-state index contributed by atoms with van der Waals surface area (Å²) in [6, 6.07) is 9.99. The van der Waals surface area contributed by atoms with Gasteiger partial charge in [0.15, 0.2) is 6.61 Å². The van der Waals surface area contributed by atoms with Crippen LogP contribution in [0.2, 0.25) is 0 Å². The zero-order chi connectivity index (χ0) is 15.5. The van der Waals surface area contributed by atoms with E-state index in [1.807, 2.05) is 0 Å². The number of carbonyl (C=O) groups is 1. The van der Waals surface area contributed by atoms with E-state index in [9.17, 15) is 18.0 Å². The van der Waals surface area contributed by atoms with Gasteiger partial charge in [-0.3, -0.25) is 0 Å². The Morgan fingerprint density at radius 1 is 1.19 bits per heavy atom. The van der Waals surface area contributed by atoms with Gasteiger partial charge in [-0.2, -0.15) is 13.2 Å². The van der Waals surface area contributed by atoms with E-state index in [-0.39, 0.29) is 5.75 Å². The standard InChI is InChI=1S/C15H11F3O3/c16-15(17,18)9-21-13-7-5-10-3-1-2-4-11(10)12(13)6-8-14(19)20/h1-8H,9H2,(H,19,20)/b8-6+. The molecule has 6 heteroatoms. The highest BCUT2D eigenvalue weighted by Gasteiger charge is 2.28. The van der Waals surface area contributed by atoms with Crippen LogP contribution in [-0.4, -0.2) is 23.9 Å². The highest BCUT2D eigenvalue weighted by atomic mass is 19.4. The first-order valence-electron chi connectivity index (χ1n) is 5.99. The normalized spacial score (nSPS) is 12.0. The SMILES string of the molecule is O=C(O)/C=C/c1c(OCC(F)(F)F)ccc2ccccc12. The van der Waals surface area contributed by atoms with E-state index in [4.69, 9.17) is 9.84 Å². The third-order valence-electron chi connectivity index (χ3n) is 2.71. The smallest absolute Gasteiger partial charge is 0.422 e. The van der Waals surface area contributed by atoms with Crippen molar-refractivity contribution in [1.82, 2.24) is 0 Å². The number of rotatable bonds is 4. The van der Waals surface area contributed by atoms with Crippen LogP contribution in [0, 0.1) is 0 Å². The molecule has 0 aliphatic rings. The lowest BCUT2D eigenvalue weighted by Gasteiger charge is -2.13. The van der Waals surface area contributed by atoms with Gasteiger partial charge in [0.25, 0.3) is 0 Å². The molecular weight excluding hydrogens is 285 g/mol. The summed E-state index contributed by atoms with van der Waals surface area (Å²) in [7, 11) is 0. The molecule has 0 saturated heterocycles. The Labute approximate surface area is 118 Å². The number of carboxylic acids is 1. The molecule has 0 aliphatic carbocycles. The molecule has 0 aromatic heterocycles. The number of carboxylic acid groups (broad SMARTS) is 1. The van der Waals surface area contributed by atoms with Crippen LogP contribution in [0.25, 0.3) is 16.8 Å². The molecule has 0 fully saturated rings. The molecule has 0 bridgehead atoms. The minimum atomic E-state index is -4.46. The molecule has 0 aliphatic heterocycles. The molecule has 0 radical (unpaired) electrons. The monoisotopic (exact) mass is 296 g/mol. The number of ether oxygens (including phenoxy) is 1. The highest BCUT2D eigenvalue weighted by Crippen LogP contribution is 2.30. The quantitative estimate of drug-likeness (QED) is 0.871. The first kappa shape index (κ1) is 14.9. The predicted molar refractivity (Wildman–Crippen MR) is 72.2 cm³/mol. The topological polar surface area (TPSA) is 46.5 Å². The van der Waals surface area contributed by atoms with Crippen LogP contribution in [0.5, 0.6) is 5.75 Å². The number of benzene rings is 2. The number of halogens is 3. The lowest BCUT2D eigenvalue weighted by atomic mass is 10.0. The van der Waals surface area contributed by atoms with Crippen LogP contribution in [-0.2, 0) is 4.79 Å². The first-order valence-corrected chi connectivity index (χ1v) is 5.99. The lowest BCUT2D eigenvalue weighted by Crippen LogP contribution is -2.19. The van der Waals surface area contributed by atoms with Crippen molar-refractivity contribution in [2.24, 2.45) is 0 Å². The van der Waals surface area contributed by atoms with Crippen molar-refractivity contribution in [1.29, 1.82) is 0 Å². The molecule has 3 nitrogen and oxygen atoms in total. The highest BCUT2D eigenvalue weighted by molar-refractivity contribution is 5.96. The largest absolute Gasteiger partial charge is 0.483 e. The summed E-state index contributed by atoms with van der Waals surface area (Å²) in [6.45, 7) is -1.43. The van der Waals surface area contributed by atoms with E-state index in [2.05, 4.69) is 0 Å². The third-order valence-corrected chi connectivity index (χ3v) is 2.71. The van der Waals surface area contributed by atoms with E-state index >= 15 is 0 Å². The van der Waals surface area contributed by atoms with Gasteiger partial charge < -0.3 is 9.84 Å². The Morgan fingerprint density at radius 2 is 1.90 bits per heavy atom. The number of aliphatic carboxylic acids is 1. The summed E-state index contributed by atoms with van der Waals surface area (Å²) < 4.78 is 41.6. The van der Waals surface area contributed by atoms with Gasteiger partial charge in [-0.25, -0.2) is 4.79 Å². The number of fused-ring (bicyclic) bond motifs is 1. The summed E-state index contributed by atoms with van der Waals surface area (Å²) in [6.07, 6.45) is -2.36. The zero-order valence-corrected chi connectivity index (χ0v) is 10.7. The van der Waals surface area contributed by atoms with Crippen LogP contribution < -0.4 is 4.74 Å². The molecule has 1 N–H and O–H groups in total. The molecule has 0 amide bonds. The molecule has 0 spiro atoms. The second-order valence-electron chi connectivity index (χ2n) is 4.27. The maximum atomic E-state index is 12.3. The fourth-order valence-corrected chi connectivity index (χ4v) is 1.89. The van der Waals surface area contributed by atoms with Gasteiger partial charge in [-0.05, 0) is 22.9 Å². The predicted octanol–water partition coefficient (Wildman–Crippen LogP) is 3.88. The molecule has 110 valence electrons. The average molecular weight is 296 g/mol. The van der Waals surface area contributed by atoms with Crippen molar-refractivity contribution in [2.75, 3.05) is 6.61 Å². The van der Waals surface area contributed by atoms with E-state index < -0.39 is 18.8 Å². The Kier molecular flexibility index (Phi) is 4.16. The van der Waals surface area contributed by atoms with Crippen LogP contribution in [0.15, 0.2) is 42.5 Å². The first-order chi connectivity index (χ1) is 9.87. The van der Waals surface area contributed by atoms with Crippen molar-refractivity contribution in [3.8, 4) is 5.75 Å². The minimum Gasteiger partial charge on any atom is -0.483 e. The Hall–Kier alpha value is -2.50. The van der Waals surface area contributed by atoms with Crippen molar-refractivity contribution in [3.05, 3.63) is 48.0 Å². The Morgan fingerprint density at radius 3 is 2.57 bits per heavy atom. The molecule has 2 aromatic rings. The zero-order valence-electron chi connectivity index (χ0n) is 10.7. The van der Waals surface area contributed by atoms with Crippen LogP contribution in [0.3, 0.4) is 0 Å². The van der Waals surface area contributed by atoms with Crippen LogP contribution in [0.1, 0.15) is 5.56 Å². The minimum absolute atomic E-state index is 0.0106. The van der Waals surface area contributed by atoms with E-state index in [0.29, 0.717) is 10.9 Å². The summed E-state index contributed by atoms with van der Waals surface area (Å²) >= 11 is 0. The van der Waals surface area contributed by atoms with E-state index in [1.165, 1.54) is 12.1 Å². The van der Waals surface area contributed by atoms with Crippen molar-refractivity contribution < 1.29 is 27.8 Å². The fourth-order valence-electron chi connectivity index (χ4n) is 1.89. The average Bonchev–Trinajstić information content (AvgIpc) is 2.42. The fraction of sp³-hybridized carbons (Fsp3) is 0.133. The van der Waals surface area contributed by atoms with Crippen molar-refractivity contribution in [3.63, 3.8) is 0 Å². The summed E-state index contributed by atoms with van der Waals surface area (Å²) in [4.78, 5) is 10.6. The van der Waals surface area contributed by atoms with Gasteiger partial charge in [0.1, 0.15) is 5.75 Å². The second kappa shape index (κ2) is 5.87. The Bertz CT molecular complexity index is 690. The lowest BCUT2D eigenvalue weighted by molar-refractivity contribution is -0.153. The van der Waals surface area contributed by atoms with Crippen LogP contribution in [0.4, 0.5) is 13.2 Å². The summed E-state index contributed by atoms with van der Waals surface area (Å²) in [5, 5.41) is 10.1. The maximum absolute atomic E-state index is 12.3. The molecule has 0 atom stereocenters. The van der Waals surface area contributed by atoms with Gasteiger partial charge >= 0.3 is 12.1 Å². The number of alkyl halides is 3. The van der Waals surface area contributed by atoms with E-state index in [0.717, 1.165) is 11.5 Å². The van der Waals surface area contributed by atoms with Gasteiger partial charge in [0.05, 0.1) is 0 Å². The number of hydrogen-bond acceptors (Lipinski definition) is 2. The van der Waals surface area contributed by atoms with Gasteiger partial charge in [-0.15, -0.1) is 0 Å². The van der Waals surface area contributed by atoms with Crippen molar-refractivity contribution in [2.45, 2.75) is 6.18 Å². The van der Waals surface area contributed by atoms with Gasteiger partial charge in [-0.1, -0.05) is 30.3 Å². The molecular formula is C15H11F3O3. The molecule has 21 heavy (non-hydrogen) atoms. The molecule has 0 unspecified atom stereocenters. The van der Waals surface area contributed by atoms with Gasteiger partial charge in [0.2, 0.25) is 0 Å². The second-order valence-corrected chi connectivity index (χ2v) is 4.27. The number of hydrogen-bond donors (Lipinski definition) is 1. The molecule has 2 aromatic carbocycles. The molecule has 0 heterocycles. The van der Waals surface area contributed by atoms with Crippen molar-refractivity contribution >= 4 is 22.8 Å². The molecule has 2 rings (SSSR count). The Balaban J connectivity index is 2.48. The van der Waals surface area contributed by atoms with E-state index in [1.54, 1.807) is 30.3 Å². The third kappa shape index (κ3) is 3.98. The maximum Gasteiger partial charge on any atom is 0.422 e.